The molecule has 0 fully saturated rings. The van der Waals surface area contributed by atoms with Crippen molar-refractivity contribution >= 4 is 33.5 Å². The zero-order valence-corrected chi connectivity index (χ0v) is 17.0. The van der Waals surface area contributed by atoms with Gasteiger partial charge in [0.05, 0.1) is 7.11 Å². The molecule has 0 amide bonds. The van der Waals surface area contributed by atoms with Gasteiger partial charge in [-0.1, -0.05) is 41.1 Å². The highest BCUT2D eigenvalue weighted by atomic mass is 79.9. The first-order chi connectivity index (χ1) is 12.2. The first kappa shape index (κ1) is 18.3. The highest BCUT2D eigenvalue weighted by Gasteiger charge is 2.16. The number of thioether (sulfide) groups is 1. The van der Waals surface area contributed by atoms with Gasteiger partial charge in [-0.25, -0.2) is 0 Å². The van der Waals surface area contributed by atoms with Crippen LogP contribution in [-0.2, 0) is 12.2 Å². The summed E-state index contributed by atoms with van der Waals surface area (Å²) in [5.41, 5.74) is 3.78. The molecule has 0 unspecified atom stereocenters. The van der Waals surface area contributed by atoms with Crippen LogP contribution in [0.3, 0.4) is 0 Å². The summed E-state index contributed by atoms with van der Waals surface area (Å²) in [6, 6.07) is 12.7. The molecule has 0 atom stereocenters. The van der Waals surface area contributed by atoms with Crippen molar-refractivity contribution in [2.75, 3.05) is 20.2 Å². The Hall–Kier alpha value is -1.46. The summed E-state index contributed by atoms with van der Waals surface area (Å²) in [5, 5.41) is 3.46. The maximum Gasteiger partial charge on any atom is 0.129 e. The number of amidine groups is 1. The standard InChI is InChI=1S/C20H23BrN2OS/c1-3-14-6-4-7-17(20-22-10-5-11-23-20)19(14)25-13-15-12-16(21)8-9-18(15)24-2/h4,6-9,12H,3,5,10-11,13H2,1-2H3,(H,22,23). The van der Waals surface area contributed by atoms with Crippen LogP contribution in [0.1, 0.15) is 30.0 Å². The highest BCUT2D eigenvalue weighted by molar-refractivity contribution is 9.10. The van der Waals surface area contributed by atoms with Crippen molar-refractivity contribution < 1.29 is 4.74 Å². The van der Waals surface area contributed by atoms with E-state index in [4.69, 9.17) is 9.73 Å². The van der Waals surface area contributed by atoms with Gasteiger partial charge in [-0.3, -0.25) is 4.99 Å². The second-order valence-corrected chi connectivity index (χ2v) is 7.80. The van der Waals surface area contributed by atoms with E-state index in [1.165, 1.54) is 21.6 Å². The van der Waals surface area contributed by atoms with Gasteiger partial charge in [-0.05, 0) is 36.6 Å². The van der Waals surface area contributed by atoms with Crippen molar-refractivity contribution in [1.29, 1.82) is 0 Å². The number of nitrogens with one attached hydrogen (secondary N) is 1. The molecule has 3 rings (SSSR count). The number of ether oxygens (including phenoxy) is 1. The molecule has 0 radical (unpaired) electrons. The average Bonchev–Trinajstić information content (AvgIpc) is 2.66. The molecule has 1 aliphatic heterocycles. The predicted octanol–water partition coefficient (Wildman–Crippen LogP) is 5.05. The van der Waals surface area contributed by atoms with Gasteiger partial charge in [-0.2, -0.15) is 0 Å². The van der Waals surface area contributed by atoms with E-state index in [1.807, 2.05) is 23.9 Å². The van der Waals surface area contributed by atoms with Gasteiger partial charge in [0.1, 0.15) is 11.6 Å². The minimum atomic E-state index is 0.861. The quantitative estimate of drug-likeness (QED) is 0.666. The van der Waals surface area contributed by atoms with Gasteiger partial charge in [0.2, 0.25) is 0 Å². The summed E-state index contributed by atoms with van der Waals surface area (Å²) in [4.78, 5) is 6.02. The van der Waals surface area contributed by atoms with Gasteiger partial charge >= 0.3 is 0 Å². The Morgan fingerprint density at radius 2 is 2.12 bits per heavy atom. The topological polar surface area (TPSA) is 33.6 Å². The summed E-state index contributed by atoms with van der Waals surface area (Å²) in [7, 11) is 1.73. The number of aliphatic imine (C=N–C) groups is 1. The molecule has 0 aliphatic carbocycles. The molecule has 1 heterocycles. The number of rotatable bonds is 6. The lowest BCUT2D eigenvalue weighted by atomic mass is 10.1. The van der Waals surface area contributed by atoms with Crippen molar-refractivity contribution in [3.63, 3.8) is 0 Å². The lowest BCUT2D eigenvalue weighted by Crippen LogP contribution is -2.30. The van der Waals surface area contributed by atoms with Crippen LogP contribution in [0.2, 0.25) is 0 Å². The average molecular weight is 419 g/mol. The summed E-state index contributed by atoms with van der Waals surface area (Å²) in [5.74, 6) is 2.82. The first-order valence-electron chi connectivity index (χ1n) is 8.58. The number of methoxy groups -OCH3 is 1. The molecule has 0 bridgehead atoms. The first-order valence-corrected chi connectivity index (χ1v) is 10.4. The van der Waals surface area contributed by atoms with Crippen LogP contribution < -0.4 is 10.1 Å². The zero-order valence-electron chi connectivity index (χ0n) is 14.6. The molecule has 0 saturated heterocycles. The molecular weight excluding hydrogens is 396 g/mol. The molecule has 0 spiro atoms. The van der Waals surface area contributed by atoms with Gasteiger partial charge in [0.25, 0.3) is 0 Å². The largest absolute Gasteiger partial charge is 0.496 e. The summed E-state index contributed by atoms with van der Waals surface area (Å²) < 4.78 is 6.60. The van der Waals surface area contributed by atoms with Crippen LogP contribution in [-0.4, -0.2) is 26.0 Å². The number of aryl methyl sites for hydroxylation is 1. The molecule has 0 aromatic heterocycles. The van der Waals surface area contributed by atoms with Gasteiger partial charge < -0.3 is 10.1 Å². The fourth-order valence-corrected chi connectivity index (χ4v) is 4.59. The zero-order chi connectivity index (χ0) is 17.6. The maximum atomic E-state index is 5.52. The number of halogens is 1. The third-order valence-corrected chi connectivity index (χ3v) is 5.96. The lowest BCUT2D eigenvalue weighted by Gasteiger charge is -2.19. The van der Waals surface area contributed by atoms with Crippen molar-refractivity contribution in [2.45, 2.75) is 30.4 Å². The minimum Gasteiger partial charge on any atom is -0.496 e. The van der Waals surface area contributed by atoms with E-state index in [-0.39, 0.29) is 0 Å². The molecule has 132 valence electrons. The molecule has 1 aliphatic rings. The molecule has 5 heteroatoms. The second-order valence-electron chi connectivity index (χ2n) is 5.90. The molecule has 2 aromatic rings. The van der Waals surface area contributed by atoms with Crippen LogP contribution in [0.4, 0.5) is 0 Å². The Bertz CT molecular complexity index is 776. The molecule has 25 heavy (non-hydrogen) atoms. The van der Waals surface area contributed by atoms with Crippen LogP contribution in [0.25, 0.3) is 0 Å². The van der Waals surface area contributed by atoms with Gasteiger partial charge in [0.15, 0.2) is 0 Å². The van der Waals surface area contributed by atoms with E-state index in [0.29, 0.717) is 0 Å². The van der Waals surface area contributed by atoms with Crippen LogP contribution >= 0.6 is 27.7 Å². The summed E-state index contributed by atoms with van der Waals surface area (Å²) in [6.45, 7) is 4.11. The summed E-state index contributed by atoms with van der Waals surface area (Å²) >= 11 is 5.42. The fraction of sp³-hybridized carbons (Fsp3) is 0.350. The Kier molecular flexibility index (Phi) is 6.43. The minimum absolute atomic E-state index is 0.861. The van der Waals surface area contributed by atoms with E-state index in [2.05, 4.69) is 52.4 Å². The number of hydrogen-bond donors (Lipinski definition) is 1. The second kappa shape index (κ2) is 8.77. The molecule has 2 aromatic carbocycles. The van der Waals surface area contributed by atoms with Crippen LogP contribution in [0, 0.1) is 0 Å². The third kappa shape index (κ3) is 4.39. The smallest absolute Gasteiger partial charge is 0.129 e. The van der Waals surface area contributed by atoms with Crippen LogP contribution in [0.5, 0.6) is 5.75 Å². The van der Waals surface area contributed by atoms with E-state index >= 15 is 0 Å². The lowest BCUT2D eigenvalue weighted by molar-refractivity contribution is 0.411. The van der Waals surface area contributed by atoms with E-state index in [0.717, 1.165) is 47.7 Å². The van der Waals surface area contributed by atoms with Crippen molar-refractivity contribution in [2.24, 2.45) is 4.99 Å². The van der Waals surface area contributed by atoms with Gasteiger partial charge in [0, 0.05) is 39.3 Å². The molecule has 0 saturated carbocycles. The Balaban J connectivity index is 1.91. The normalized spacial score (nSPS) is 14.0. The van der Waals surface area contributed by atoms with Crippen molar-refractivity contribution in [3.8, 4) is 5.75 Å². The number of hydrogen-bond acceptors (Lipinski definition) is 4. The monoisotopic (exact) mass is 418 g/mol. The van der Waals surface area contributed by atoms with Crippen LogP contribution in [0.15, 0.2) is 50.8 Å². The SMILES string of the molecule is CCc1cccc(C2=NCCCN2)c1SCc1cc(Br)ccc1OC. The number of nitrogens with zero attached hydrogens (tertiary/aromatic N) is 1. The van der Waals surface area contributed by atoms with Crippen molar-refractivity contribution in [1.82, 2.24) is 5.32 Å². The highest BCUT2D eigenvalue weighted by Crippen LogP contribution is 2.34. The molecular formula is C20H23BrN2OS. The fourth-order valence-electron chi connectivity index (χ4n) is 2.94. The van der Waals surface area contributed by atoms with E-state index < -0.39 is 0 Å². The van der Waals surface area contributed by atoms with Crippen molar-refractivity contribution in [3.05, 3.63) is 57.6 Å². The third-order valence-electron chi connectivity index (χ3n) is 4.24. The summed E-state index contributed by atoms with van der Waals surface area (Å²) in [6.07, 6.45) is 2.12. The Labute approximate surface area is 162 Å². The Morgan fingerprint density at radius 3 is 2.84 bits per heavy atom. The predicted molar refractivity (Wildman–Crippen MR) is 110 cm³/mol. The Morgan fingerprint density at radius 1 is 1.24 bits per heavy atom. The molecule has 1 N–H and O–H groups in total. The maximum absolute atomic E-state index is 5.52. The van der Waals surface area contributed by atoms with E-state index in [9.17, 15) is 0 Å². The molecule has 3 nitrogen and oxygen atoms in total. The van der Waals surface area contributed by atoms with E-state index in [1.54, 1.807) is 7.11 Å². The van der Waals surface area contributed by atoms with Gasteiger partial charge in [-0.15, -0.1) is 11.8 Å². The number of benzene rings is 2.